The van der Waals surface area contributed by atoms with Gasteiger partial charge in [-0.2, -0.15) is 5.10 Å². The molecular weight excluding hydrogens is 424 g/mol. The number of hydrogen-bond donors (Lipinski definition) is 1. The van der Waals surface area contributed by atoms with E-state index in [0.717, 1.165) is 46.1 Å². The van der Waals surface area contributed by atoms with Crippen LogP contribution in [0.15, 0.2) is 50.2 Å². The van der Waals surface area contributed by atoms with Crippen LogP contribution in [0.2, 0.25) is 0 Å². The smallest absolute Gasteiger partial charge is 0.262 e. The standard InChI is InChI=1S/C24H26N4O3S/c1-15-8-10-21(31-15)16(2)27-28-20(14-32-24(28)25-18-6-4-3-5-7-18)17-9-11-22-19(12-17)26-23(29)13-30-22/h8-12,14,18H,3-7,13H2,1-2H3,(H,26,29). The number of furan rings is 1. The first kappa shape index (κ1) is 20.8. The number of fused-ring (bicyclic) bond motifs is 1. The van der Waals surface area contributed by atoms with Gasteiger partial charge in [0.2, 0.25) is 4.80 Å². The molecule has 1 N–H and O–H groups in total. The Bertz CT molecular complexity index is 1240. The van der Waals surface area contributed by atoms with Crippen molar-refractivity contribution in [3.8, 4) is 17.0 Å². The number of thiazole rings is 1. The summed E-state index contributed by atoms with van der Waals surface area (Å²) in [6, 6.07) is 10.0. The molecule has 2 aromatic heterocycles. The minimum absolute atomic E-state index is 0.0429. The number of hydrogen-bond acceptors (Lipinski definition) is 6. The number of ether oxygens (including phenoxy) is 1. The van der Waals surface area contributed by atoms with E-state index in [2.05, 4.69) is 10.7 Å². The Morgan fingerprint density at radius 3 is 2.81 bits per heavy atom. The van der Waals surface area contributed by atoms with E-state index < -0.39 is 0 Å². The lowest BCUT2D eigenvalue weighted by Crippen LogP contribution is -2.25. The minimum atomic E-state index is -0.150. The van der Waals surface area contributed by atoms with Gasteiger partial charge >= 0.3 is 0 Å². The van der Waals surface area contributed by atoms with Crippen molar-refractivity contribution >= 4 is 28.6 Å². The number of aryl methyl sites for hydroxylation is 1. The van der Waals surface area contributed by atoms with Crippen molar-refractivity contribution < 1.29 is 13.9 Å². The molecule has 3 heterocycles. The Balaban J connectivity index is 1.60. The van der Waals surface area contributed by atoms with Crippen molar-refractivity contribution in [1.82, 2.24) is 4.68 Å². The summed E-state index contributed by atoms with van der Waals surface area (Å²) in [6.45, 7) is 3.91. The Labute approximate surface area is 190 Å². The van der Waals surface area contributed by atoms with Crippen LogP contribution in [0.3, 0.4) is 0 Å². The molecule has 0 unspecified atom stereocenters. The van der Waals surface area contributed by atoms with E-state index in [-0.39, 0.29) is 12.5 Å². The van der Waals surface area contributed by atoms with E-state index in [0.29, 0.717) is 17.5 Å². The van der Waals surface area contributed by atoms with Gasteiger partial charge in [0.25, 0.3) is 5.91 Å². The Kier molecular flexibility index (Phi) is 5.70. The number of nitrogens with one attached hydrogen (secondary N) is 1. The third kappa shape index (κ3) is 4.27. The second kappa shape index (κ2) is 8.78. The van der Waals surface area contributed by atoms with Crippen molar-refractivity contribution in [3.63, 3.8) is 0 Å². The first-order valence-electron chi connectivity index (χ1n) is 11.0. The average molecular weight is 451 g/mol. The molecule has 5 rings (SSSR count). The van der Waals surface area contributed by atoms with Crippen LogP contribution in [-0.4, -0.2) is 28.9 Å². The lowest BCUT2D eigenvalue weighted by atomic mass is 9.96. The number of nitrogens with zero attached hydrogens (tertiary/aromatic N) is 3. The molecule has 1 aliphatic heterocycles. The molecule has 3 aromatic rings. The van der Waals surface area contributed by atoms with Gasteiger partial charge in [0.05, 0.1) is 17.4 Å². The van der Waals surface area contributed by atoms with Gasteiger partial charge in [-0.1, -0.05) is 19.3 Å². The number of rotatable bonds is 4. The van der Waals surface area contributed by atoms with Gasteiger partial charge in [0.1, 0.15) is 23.0 Å². The summed E-state index contributed by atoms with van der Waals surface area (Å²) in [4.78, 5) is 17.7. The van der Waals surface area contributed by atoms with Crippen LogP contribution in [0.1, 0.15) is 50.5 Å². The summed E-state index contributed by atoms with van der Waals surface area (Å²) in [6.07, 6.45) is 5.99. The molecule has 0 bridgehead atoms. The largest absolute Gasteiger partial charge is 0.482 e. The zero-order valence-electron chi connectivity index (χ0n) is 18.3. The van der Waals surface area contributed by atoms with Crippen LogP contribution < -0.4 is 14.9 Å². The maximum atomic E-state index is 11.8. The quantitative estimate of drug-likeness (QED) is 0.571. The van der Waals surface area contributed by atoms with E-state index in [1.165, 1.54) is 19.3 Å². The molecule has 2 aliphatic rings. The molecule has 0 saturated heterocycles. The highest BCUT2D eigenvalue weighted by molar-refractivity contribution is 7.07. The van der Waals surface area contributed by atoms with Crippen molar-refractivity contribution in [2.75, 3.05) is 11.9 Å². The first-order chi connectivity index (χ1) is 15.6. The van der Waals surface area contributed by atoms with Crippen LogP contribution >= 0.6 is 11.3 Å². The van der Waals surface area contributed by atoms with Crippen LogP contribution in [0.4, 0.5) is 5.69 Å². The molecule has 0 spiro atoms. The van der Waals surface area contributed by atoms with Gasteiger partial charge in [-0.25, -0.2) is 4.68 Å². The van der Waals surface area contributed by atoms with Gasteiger partial charge < -0.3 is 14.5 Å². The van der Waals surface area contributed by atoms with Gasteiger partial charge in [-0.15, -0.1) is 11.3 Å². The maximum Gasteiger partial charge on any atom is 0.262 e. The maximum absolute atomic E-state index is 11.8. The summed E-state index contributed by atoms with van der Waals surface area (Å²) in [5, 5.41) is 9.86. The van der Waals surface area contributed by atoms with Crippen molar-refractivity contribution in [1.29, 1.82) is 0 Å². The molecule has 1 aliphatic carbocycles. The topological polar surface area (TPSA) is 81.1 Å². The molecule has 1 amide bonds. The van der Waals surface area contributed by atoms with Crippen LogP contribution in [0.25, 0.3) is 11.3 Å². The summed E-state index contributed by atoms with van der Waals surface area (Å²) in [7, 11) is 0. The number of benzene rings is 1. The molecule has 0 radical (unpaired) electrons. The number of carbonyl (C=O) groups is 1. The zero-order valence-corrected chi connectivity index (χ0v) is 19.1. The third-order valence-electron chi connectivity index (χ3n) is 5.81. The second-order valence-electron chi connectivity index (χ2n) is 8.28. The van der Waals surface area contributed by atoms with Gasteiger partial charge in [0.15, 0.2) is 6.61 Å². The number of anilines is 1. The number of carbonyl (C=O) groups excluding carboxylic acids is 1. The molecule has 32 heavy (non-hydrogen) atoms. The first-order valence-corrected chi connectivity index (χ1v) is 11.9. The second-order valence-corrected chi connectivity index (χ2v) is 9.12. The summed E-state index contributed by atoms with van der Waals surface area (Å²) in [5.41, 5.74) is 3.29. The Morgan fingerprint density at radius 1 is 1.19 bits per heavy atom. The third-order valence-corrected chi connectivity index (χ3v) is 6.64. The van der Waals surface area contributed by atoms with Crippen LogP contribution in [0.5, 0.6) is 5.75 Å². The highest BCUT2D eigenvalue weighted by atomic mass is 32.1. The fourth-order valence-electron chi connectivity index (χ4n) is 4.12. The molecule has 1 fully saturated rings. The van der Waals surface area contributed by atoms with Crippen LogP contribution in [0, 0.1) is 6.92 Å². The van der Waals surface area contributed by atoms with Crippen molar-refractivity contribution in [2.24, 2.45) is 10.1 Å². The lowest BCUT2D eigenvalue weighted by molar-refractivity contribution is -0.118. The predicted molar refractivity (Wildman–Crippen MR) is 125 cm³/mol. The SMILES string of the molecule is CC(=Nn1c(-c2ccc3c(c2)NC(=O)CO3)csc1=NC1CCCCC1)c1ccc(C)o1. The molecule has 8 heteroatoms. The van der Waals surface area contributed by atoms with Crippen molar-refractivity contribution in [3.05, 3.63) is 52.0 Å². The fourth-order valence-corrected chi connectivity index (χ4v) is 5.02. The van der Waals surface area contributed by atoms with Gasteiger partial charge in [-0.3, -0.25) is 9.79 Å². The highest BCUT2D eigenvalue weighted by Crippen LogP contribution is 2.33. The molecule has 1 aromatic carbocycles. The van der Waals surface area contributed by atoms with Gasteiger partial charge in [-0.05, 0) is 57.0 Å². The number of aromatic nitrogens is 1. The molecule has 7 nitrogen and oxygen atoms in total. The van der Waals surface area contributed by atoms with E-state index in [1.807, 2.05) is 48.9 Å². The van der Waals surface area contributed by atoms with Gasteiger partial charge in [0, 0.05) is 10.9 Å². The normalized spacial score (nSPS) is 17.8. The molecule has 166 valence electrons. The molecule has 0 atom stereocenters. The Hall–Kier alpha value is -3.13. The summed E-state index contributed by atoms with van der Waals surface area (Å²) < 4.78 is 13.2. The summed E-state index contributed by atoms with van der Waals surface area (Å²) >= 11 is 1.58. The average Bonchev–Trinajstić information content (AvgIpc) is 3.40. The number of amides is 1. The van der Waals surface area contributed by atoms with E-state index in [9.17, 15) is 4.79 Å². The lowest BCUT2D eigenvalue weighted by Gasteiger charge is -2.18. The predicted octanol–water partition coefficient (Wildman–Crippen LogP) is 4.95. The molecule has 1 saturated carbocycles. The van der Waals surface area contributed by atoms with E-state index in [1.54, 1.807) is 11.3 Å². The van der Waals surface area contributed by atoms with E-state index in [4.69, 9.17) is 19.2 Å². The fraction of sp³-hybridized carbons (Fsp3) is 0.375. The molecular formula is C24H26N4O3S. The minimum Gasteiger partial charge on any atom is -0.482 e. The highest BCUT2D eigenvalue weighted by Gasteiger charge is 2.19. The summed E-state index contributed by atoms with van der Waals surface area (Å²) in [5.74, 6) is 2.11. The zero-order chi connectivity index (χ0) is 22.1. The Morgan fingerprint density at radius 2 is 2.03 bits per heavy atom. The van der Waals surface area contributed by atoms with E-state index >= 15 is 0 Å². The monoisotopic (exact) mass is 450 g/mol. The van der Waals surface area contributed by atoms with Crippen LogP contribution in [-0.2, 0) is 4.79 Å². The van der Waals surface area contributed by atoms with Crippen molar-refractivity contribution in [2.45, 2.75) is 52.0 Å².